The maximum absolute atomic E-state index is 12.8. The van der Waals surface area contributed by atoms with Crippen LogP contribution >= 0.6 is 23.1 Å². The number of amides is 1. The van der Waals surface area contributed by atoms with Gasteiger partial charge in [-0.25, -0.2) is 4.79 Å². The molecule has 10 heteroatoms. The van der Waals surface area contributed by atoms with Gasteiger partial charge in [-0.3, -0.25) is 4.79 Å². The molecule has 0 unspecified atom stereocenters. The zero-order chi connectivity index (χ0) is 23.5. The zero-order valence-electron chi connectivity index (χ0n) is 18.5. The summed E-state index contributed by atoms with van der Waals surface area (Å²) in [6.07, 6.45) is 1.60. The van der Waals surface area contributed by atoms with E-state index in [1.807, 2.05) is 61.9 Å². The Bertz CT molecular complexity index is 1310. The molecule has 0 spiro atoms. The molecule has 0 fully saturated rings. The average molecular weight is 483 g/mol. The number of thiophene rings is 1. The van der Waals surface area contributed by atoms with Crippen LogP contribution in [0.25, 0.3) is 22.5 Å². The van der Waals surface area contributed by atoms with Crippen molar-refractivity contribution in [2.24, 2.45) is 7.05 Å². The van der Waals surface area contributed by atoms with Gasteiger partial charge in [0.1, 0.15) is 16.3 Å². The van der Waals surface area contributed by atoms with E-state index in [4.69, 9.17) is 9.15 Å². The number of methoxy groups -OCH3 is 1. The molecule has 0 radical (unpaired) electrons. The van der Waals surface area contributed by atoms with Gasteiger partial charge in [-0.05, 0) is 25.5 Å². The van der Waals surface area contributed by atoms with E-state index in [0.29, 0.717) is 21.5 Å². The van der Waals surface area contributed by atoms with Gasteiger partial charge in [0.2, 0.25) is 5.91 Å². The highest BCUT2D eigenvalue weighted by molar-refractivity contribution is 7.99. The number of carbonyl (C=O) groups excluding carboxylic acids is 2. The lowest BCUT2D eigenvalue weighted by Gasteiger charge is -2.08. The molecule has 0 aliphatic heterocycles. The molecule has 1 aromatic carbocycles. The summed E-state index contributed by atoms with van der Waals surface area (Å²) in [7, 11) is 3.17. The molecule has 33 heavy (non-hydrogen) atoms. The van der Waals surface area contributed by atoms with Gasteiger partial charge >= 0.3 is 5.97 Å². The van der Waals surface area contributed by atoms with Crippen molar-refractivity contribution in [1.82, 2.24) is 14.8 Å². The molecule has 1 amide bonds. The van der Waals surface area contributed by atoms with Gasteiger partial charge in [0, 0.05) is 17.5 Å². The lowest BCUT2D eigenvalue weighted by Crippen LogP contribution is -2.16. The third-order valence-corrected chi connectivity index (χ3v) is 7.10. The zero-order valence-corrected chi connectivity index (χ0v) is 20.2. The fourth-order valence-electron chi connectivity index (χ4n) is 3.47. The standard InChI is InChI=1S/C23H22N4O4S2/c1-13-16(10-11-31-13)20-25-26-23(27(20)3)32-12-17(28)24-21-19(22(29)30-4)18(14(2)33-21)15-8-6-5-7-9-15/h5-11H,12H2,1-4H3,(H,24,28). The van der Waals surface area contributed by atoms with Gasteiger partial charge in [-0.2, -0.15) is 0 Å². The Hall–Kier alpha value is -3.37. The molecule has 0 atom stereocenters. The maximum Gasteiger partial charge on any atom is 0.341 e. The molecule has 4 rings (SSSR count). The maximum atomic E-state index is 12.8. The van der Waals surface area contributed by atoms with Crippen molar-refractivity contribution < 1.29 is 18.7 Å². The number of furan rings is 1. The largest absolute Gasteiger partial charge is 0.469 e. The number of ether oxygens (including phenoxy) is 1. The SMILES string of the molecule is COC(=O)c1c(NC(=O)CSc2nnc(-c3ccoc3C)n2C)sc(C)c1-c1ccccc1. The molecule has 0 bridgehead atoms. The van der Waals surface area contributed by atoms with Crippen LogP contribution in [0, 0.1) is 13.8 Å². The predicted molar refractivity (Wildman–Crippen MR) is 129 cm³/mol. The number of thioether (sulfide) groups is 1. The molecule has 170 valence electrons. The van der Waals surface area contributed by atoms with Crippen molar-refractivity contribution in [3.05, 3.63) is 58.9 Å². The smallest absolute Gasteiger partial charge is 0.341 e. The Labute approximate surface area is 199 Å². The van der Waals surface area contributed by atoms with Crippen LogP contribution in [0.5, 0.6) is 0 Å². The van der Waals surface area contributed by atoms with Crippen LogP contribution in [0.15, 0.2) is 52.2 Å². The van der Waals surface area contributed by atoms with E-state index in [2.05, 4.69) is 15.5 Å². The topological polar surface area (TPSA) is 99.2 Å². The van der Waals surface area contributed by atoms with Crippen molar-refractivity contribution in [2.45, 2.75) is 19.0 Å². The highest BCUT2D eigenvalue weighted by Crippen LogP contribution is 2.40. The van der Waals surface area contributed by atoms with Crippen LogP contribution in [0.3, 0.4) is 0 Å². The summed E-state index contributed by atoms with van der Waals surface area (Å²) in [4.78, 5) is 26.3. The lowest BCUT2D eigenvalue weighted by atomic mass is 10.0. The second kappa shape index (κ2) is 9.63. The summed E-state index contributed by atoms with van der Waals surface area (Å²) >= 11 is 2.61. The first-order valence-electron chi connectivity index (χ1n) is 10.0. The number of nitrogens with one attached hydrogen (secondary N) is 1. The molecule has 4 aromatic rings. The van der Waals surface area contributed by atoms with E-state index >= 15 is 0 Å². The minimum Gasteiger partial charge on any atom is -0.469 e. The second-order valence-corrected chi connectivity index (χ2v) is 9.35. The summed E-state index contributed by atoms with van der Waals surface area (Å²) in [5, 5.41) is 12.4. The summed E-state index contributed by atoms with van der Waals surface area (Å²) < 4.78 is 12.2. The molecule has 1 N–H and O–H groups in total. The van der Waals surface area contributed by atoms with E-state index in [1.165, 1.54) is 30.2 Å². The average Bonchev–Trinajstić information content (AvgIpc) is 3.49. The molecule has 0 aliphatic carbocycles. The van der Waals surface area contributed by atoms with Crippen LogP contribution in [-0.2, 0) is 16.6 Å². The van der Waals surface area contributed by atoms with Gasteiger partial charge in [-0.1, -0.05) is 42.1 Å². The molecule has 3 aromatic heterocycles. The van der Waals surface area contributed by atoms with E-state index < -0.39 is 5.97 Å². The number of nitrogens with zero attached hydrogens (tertiary/aromatic N) is 3. The summed E-state index contributed by atoms with van der Waals surface area (Å²) in [6.45, 7) is 3.78. The number of rotatable bonds is 7. The van der Waals surface area contributed by atoms with Crippen LogP contribution in [0.2, 0.25) is 0 Å². The van der Waals surface area contributed by atoms with Crippen molar-refractivity contribution >= 4 is 40.0 Å². The van der Waals surface area contributed by atoms with Crippen molar-refractivity contribution in [3.8, 4) is 22.5 Å². The van der Waals surface area contributed by atoms with Gasteiger partial charge in [0.25, 0.3) is 0 Å². The van der Waals surface area contributed by atoms with E-state index in [0.717, 1.165) is 27.3 Å². The lowest BCUT2D eigenvalue weighted by molar-refractivity contribution is -0.113. The van der Waals surface area contributed by atoms with Crippen LogP contribution in [-0.4, -0.2) is 39.5 Å². The third kappa shape index (κ3) is 4.57. The Morgan fingerprint density at radius 2 is 1.94 bits per heavy atom. The molecular formula is C23H22N4O4S2. The molecule has 3 heterocycles. The number of esters is 1. The van der Waals surface area contributed by atoms with Crippen LogP contribution < -0.4 is 5.32 Å². The highest BCUT2D eigenvalue weighted by Gasteiger charge is 2.25. The summed E-state index contributed by atoms with van der Waals surface area (Å²) in [5.74, 6) is 0.773. The first-order chi connectivity index (χ1) is 15.9. The number of carbonyl (C=O) groups is 2. The number of aryl methyl sites for hydroxylation is 2. The van der Waals surface area contributed by atoms with E-state index in [9.17, 15) is 9.59 Å². The molecule has 0 aliphatic rings. The summed E-state index contributed by atoms with van der Waals surface area (Å²) in [5.41, 5.74) is 2.87. The summed E-state index contributed by atoms with van der Waals surface area (Å²) in [6, 6.07) is 11.4. The minimum atomic E-state index is -0.491. The number of anilines is 1. The normalized spacial score (nSPS) is 10.9. The van der Waals surface area contributed by atoms with Crippen molar-refractivity contribution in [1.29, 1.82) is 0 Å². The minimum absolute atomic E-state index is 0.106. The molecule has 8 nitrogen and oxygen atoms in total. The quantitative estimate of drug-likeness (QED) is 0.294. The van der Waals surface area contributed by atoms with Gasteiger partial charge in [0.15, 0.2) is 11.0 Å². The fourth-order valence-corrected chi connectivity index (χ4v) is 5.26. The van der Waals surface area contributed by atoms with Crippen molar-refractivity contribution in [2.75, 3.05) is 18.2 Å². The highest BCUT2D eigenvalue weighted by atomic mass is 32.2. The van der Waals surface area contributed by atoms with Gasteiger partial charge in [-0.15, -0.1) is 21.5 Å². The number of benzene rings is 1. The predicted octanol–water partition coefficient (Wildman–Crippen LogP) is 4.94. The second-order valence-electron chi connectivity index (χ2n) is 7.19. The van der Waals surface area contributed by atoms with Crippen molar-refractivity contribution in [3.63, 3.8) is 0 Å². The Morgan fingerprint density at radius 3 is 2.61 bits per heavy atom. The Kier molecular flexibility index (Phi) is 6.66. The first-order valence-corrected chi connectivity index (χ1v) is 11.8. The van der Waals surface area contributed by atoms with Gasteiger partial charge < -0.3 is 19.0 Å². The van der Waals surface area contributed by atoms with E-state index in [1.54, 1.807) is 6.26 Å². The number of hydrogen-bond acceptors (Lipinski definition) is 8. The molecular weight excluding hydrogens is 460 g/mol. The van der Waals surface area contributed by atoms with Crippen LogP contribution in [0.4, 0.5) is 5.00 Å². The first kappa shape index (κ1) is 22.8. The Balaban J connectivity index is 1.52. The van der Waals surface area contributed by atoms with Crippen LogP contribution in [0.1, 0.15) is 21.0 Å². The molecule has 0 saturated heterocycles. The fraction of sp³-hybridized carbons (Fsp3) is 0.217. The number of aromatic nitrogens is 3. The molecule has 0 saturated carbocycles. The Morgan fingerprint density at radius 1 is 1.18 bits per heavy atom. The van der Waals surface area contributed by atoms with E-state index in [-0.39, 0.29) is 11.7 Å². The third-order valence-electron chi connectivity index (χ3n) is 5.06. The van der Waals surface area contributed by atoms with Gasteiger partial charge in [0.05, 0.1) is 24.7 Å². The number of hydrogen-bond donors (Lipinski definition) is 1. The monoisotopic (exact) mass is 482 g/mol.